The predicted octanol–water partition coefficient (Wildman–Crippen LogP) is 3.07. The number of aromatic nitrogens is 1. The second kappa shape index (κ2) is 5.09. The zero-order valence-electron chi connectivity index (χ0n) is 9.55. The van der Waals surface area contributed by atoms with Crippen molar-refractivity contribution in [3.05, 3.63) is 47.7 Å². The van der Waals surface area contributed by atoms with Crippen LogP contribution in [0.2, 0.25) is 0 Å². The Labute approximate surface area is 104 Å². The van der Waals surface area contributed by atoms with Gasteiger partial charge in [0.1, 0.15) is 17.2 Å². The Bertz CT molecular complexity index is 599. The second-order valence-corrected chi connectivity index (χ2v) is 3.48. The number of furan rings is 1. The molecule has 100 valence electrons. The van der Waals surface area contributed by atoms with Crippen LogP contribution in [-0.4, -0.2) is 10.7 Å². The summed E-state index contributed by atoms with van der Waals surface area (Å²) in [7, 11) is 0. The van der Waals surface area contributed by atoms with Crippen LogP contribution in [0, 0.1) is 23.5 Å². The molecule has 0 unspecified atom stereocenters. The lowest BCUT2D eigenvalue weighted by molar-refractivity contribution is 0.411. The molecule has 0 atom stereocenters. The summed E-state index contributed by atoms with van der Waals surface area (Å²) in [6, 6.07) is 3.14. The van der Waals surface area contributed by atoms with Crippen LogP contribution < -0.4 is 5.43 Å². The highest BCUT2D eigenvalue weighted by molar-refractivity contribution is 5.96. The molecular weight excluding hydrogens is 266 g/mol. The molecule has 0 fully saturated rings. The molecule has 0 saturated carbocycles. The van der Waals surface area contributed by atoms with E-state index in [9.17, 15) is 17.6 Å². The molecule has 0 spiro atoms. The van der Waals surface area contributed by atoms with E-state index in [1.54, 1.807) is 12.1 Å². The average Bonchev–Trinajstić information content (AvgIpc) is 2.90. The molecule has 19 heavy (non-hydrogen) atoms. The first-order valence-corrected chi connectivity index (χ1v) is 5.05. The van der Waals surface area contributed by atoms with Crippen molar-refractivity contribution in [3.63, 3.8) is 0 Å². The van der Waals surface area contributed by atoms with E-state index in [-0.39, 0.29) is 5.71 Å². The average molecular weight is 273 g/mol. The molecule has 2 aromatic heterocycles. The number of halogens is 4. The largest absolute Gasteiger partial charge is 0.463 e. The fraction of sp³-hybridized carbons (Fsp3) is 0.0909. The van der Waals surface area contributed by atoms with E-state index in [4.69, 9.17) is 4.42 Å². The van der Waals surface area contributed by atoms with E-state index >= 15 is 0 Å². The van der Waals surface area contributed by atoms with Crippen molar-refractivity contribution in [2.24, 2.45) is 5.10 Å². The van der Waals surface area contributed by atoms with Gasteiger partial charge in [-0.05, 0) is 19.1 Å². The van der Waals surface area contributed by atoms with E-state index in [1.165, 1.54) is 13.2 Å². The maximum Gasteiger partial charge on any atom is 0.254 e. The third kappa shape index (κ3) is 2.56. The minimum absolute atomic E-state index is 0.237. The molecule has 0 saturated heterocycles. The lowest BCUT2D eigenvalue weighted by Gasteiger charge is -2.05. The summed E-state index contributed by atoms with van der Waals surface area (Å²) in [6.07, 6.45) is 1.38. The standard InChI is InChI=1S/C11H7F4N3O/c1-5(6-3-2-4-19-6)17-18-9-7(12)10(14)16-11(15)8(9)13/h2-4H,1H3,(H,16,18)/b17-5+. The van der Waals surface area contributed by atoms with Crippen LogP contribution in [-0.2, 0) is 0 Å². The highest BCUT2D eigenvalue weighted by Gasteiger charge is 2.20. The topological polar surface area (TPSA) is 50.4 Å². The van der Waals surface area contributed by atoms with E-state index in [2.05, 4.69) is 10.1 Å². The molecular formula is C11H7F4N3O. The lowest BCUT2D eigenvalue weighted by Crippen LogP contribution is -2.07. The summed E-state index contributed by atoms with van der Waals surface area (Å²) in [6.45, 7) is 1.48. The molecule has 1 N–H and O–H groups in total. The first kappa shape index (κ1) is 13.1. The Morgan fingerprint density at radius 2 is 1.84 bits per heavy atom. The Morgan fingerprint density at radius 3 is 2.37 bits per heavy atom. The van der Waals surface area contributed by atoms with Gasteiger partial charge in [-0.3, -0.25) is 5.43 Å². The van der Waals surface area contributed by atoms with Gasteiger partial charge in [0, 0.05) is 0 Å². The Balaban J connectivity index is 2.32. The molecule has 0 amide bonds. The van der Waals surface area contributed by atoms with Crippen LogP contribution in [0.25, 0.3) is 0 Å². The number of hydrogen-bond donors (Lipinski definition) is 1. The number of nitrogens with one attached hydrogen (secondary N) is 1. The maximum atomic E-state index is 13.2. The van der Waals surface area contributed by atoms with Gasteiger partial charge < -0.3 is 4.42 Å². The second-order valence-electron chi connectivity index (χ2n) is 3.48. The monoisotopic (exact) mass is 273 g/mol. The summed E-state index contributed by atoms with van der Waals surface area (Å²) in [5, 5.41) is 3.57. The van der Waals surface area contributed by atoms with Crippen molar-refractivity contribution in [2.75, 3.05) is 5.43 Å². The van der Waals surface area contributed by atoms with Crippen LogP contribution in [0.15, 0.2) is 27.9 Å². The number of anilines is 1. The summed E-state index contributed by atoms with van der Waals surface area (Å²) >= 11 is 0. The Kier molecular flexibility index (Phi) is 3.50. The van der Waals surface area contributed by atoms with Gasteiger partial charge in [-0.15, -0.1) is 0 Å². The molecule has 2 rings (SSSR count). The van der Waals surface area contributed by atoms with Gasteiger partial charge in [0.15, 0.2) is 0 Å². The van der Waals surface area contributed by atoms with Crippen molar-refractivity contribution >= 4 is 11.4 Å². The van der Waals surface area contributed by atoms with Crippen LogP contribution in [0.5, 0.6) is 0 Å². The van der Waals surface area contributed by atoms with Gasteiger partial charge in [0.25, 0.3) is 11.9 Å². The number of nitrogens with zero attached hydrogens (tertiary/aromatic N) is 2. The lowest BCUT2D eigenvalue weighted by atomic mass is 10.3. The van der Waals surface area contributed by atoms with E-state index in [0.717, 1.165) is 0 Å². The molecule has 0 aromatic carbocycles. The SMILES string of the molecule is C/C(=N\Nc1c(F)c(F)nc(F)c1F)c1ccco1. The summed E-state index contributed by atoms with van der Waals surface area (Å²) in [5.41, 5.74) is 1.09. The molecule has 8 heteroatoms. The van der Waals surface area contributed by atoms with Gasteiger partial charge in [0.05, 0.1) is 6.26 Å². The molecule has 2 aromatic rings. The zero-order valence-corrected chi connectivity index (χ0v) is 9.55. The Morgan fingerprint density at radius 1 is 1.21 bits per heavy atom. The summed E-state index contributed by atoms with van der Waals surface area (Å²) in [5.74, 6) is -6.49. The molecule has 0 radical (unpaired) electrons. The van der Waals surface area contributed by atoms with Gasteiger partial charge in [0.2, 0.25) is 11.6 Å². The van der Waals surface area contributed by atoms with Crippen molar-refractivity contribution in [2.45, 2.75) is 6.92 Å². The molecule has 0 aliphatic rings. The highest BCUT2D eigenvalue weighted by Crippen LogP contribution is 2.22. The molecule has 0 aliphatic heterocycles. The number of hydrazone groups is 1. The third-order valence-corrected chi connectivity index (χ3v) is 2.21. The fourth-order valence-corrected chi connectivity index (χ4v) is 1.26. The number of hydrogen-bond acceptors (Lipinski definition) is 4. The molecule has 0 bridgehead atoms. The maximum absolute atomic E-state index is 13.2. The van der Waals surface area contributed by atoms with Crippen molar-refractivity contribution in [1.82, 2.24) is 4.98 Å². The molecule has 0 aliphatic carbocycles. The van der Waals surface area contributed by atoms with Gasteiger partial charge in [-0.2, -0.15) is 27.6 Å². The Hall–Kier alpha value is -2.38. The minimum Gasteiger partial charge on any atom is -0.463 e. The van der Waals surface area contributed by atoms with Crippen molar-refractivity contribution in [3.8, 4) is 0 Å². The summed E-state index contributed by atoms with van der Waals surface area (Å²) < 4.78 is 57.1. The normalized spacial score (nSPS) is 11.7. The first-order chi connectivity index (χ1) is 9.00. The van der Waals surface area contributed by atoms with Gasteiger partial charge in [-0.25, -0.2) is 0 Å². The number of rotatable bonds is 3. The zero-order chi connectivity index (χ0) is 14.0. The van der Waals surface area contributed by atoms with Crippen molar-refractivity contribution < 1.29 is 22.0 Å². The molecule has 2 heterocycles. The van der Waals surface area contributed by atoms with Crippen LogP contribution in [0.3, 0.4) is 0 Å². The first-order valence-electron chi connectivity index (χ1n) is 5.05. The molecule has 4 nitrogen and oxygen atoms in total. The predicted molar refractivity (Wildman–Crippen MR) is 58.6 cm³/mol. The smallest absolute Gasteiger partial charge is 0.254 e. The van der Waals surface area contributed by atoms with E-state index < -0.39 is 29.2 Å². The van der Waals surface area contributed by atoms with Crippen LogP contribution >= 0.6 is 0 Å². The van der Waals surface area contributed by atoms with Crippen LogP contribution in [0.4, 0.5) is 23.2 Å². The quantitative estimate of drug-likeness (QED) is 0.404. The third-order valence-electron chi connectivity index (χ3n) is 2.21. The van der Waals surface area contributed by atoms with E-state index in [0.29, 0.717) is 5.76 Å². The van der Waals surface area contributed by atoms with E-state index in [1.807, 2.05) is 5.43 Å². The van der Waals surface area contributed by atoms with Crippen LogP contribution in [0.1, 0.15) is 12.7 Å². The fourth-order valence-electron chi connectivity index (χ4n) is 1.26. The van der Waals surface area contributed by atoms with Crippen molar-refractivity contribution in [1.29, 1.82) is 0 Å². The number of pyridine rings is 1. The van der Waals surface area contributed by atoms with Gasteiger partial charge >= 0.3 is 0 Å². The highest BCUT2D eigenvalue weighted by atomic mass is 19.2. The minimum atomic E-state index is -1.76. The van der Waals surface area contributed by atoms with Gasteiger partial charge in [-0.1, -0.05) is 0 Å². The summed E-state index contributed by atoms with van der Waals surface area (Å²) in [4.78, 5) is 2.42.